The Morgan fingerprint density at radius 1 is 1.00 bits per heavy atom. The van der Waals surface area contributed by atoms with Crippen molar-refractivity contribution < 1.29 is 9.26 Å². The molecule has 0 unspecified atom stereocenters. The van der Waals surface area contributed by atoms with Crippen molar-refractivity contribution in [3.05, 3.63) is 65.5 Å². The van der Waals surface area contributed by atoms with E-state index in [1.807, 2.05) is 36.4 Å². The molecule has 3 rings (SSSR count). The number of benzene rings is 2. The molecule has 4 nitrogen and oxygen atoms in total. The molecule has 0 aliphatic carbocycles. The Morgan fingerprint density at radius 2 is 1.76 bits per heavy atom. The molecule has 0 aliphatic heterocycles. The first-order valence-corrected chi connectivity index (χ1v) is 6.80. The molecule has 0 N–H and O–H groups in total. The van der Waals surface area contributed by atoms with E-state index in [2.05, 4.69) is 29.2 Å². The lowest BCUT2D eigenvalue weighted by Gasteiger charge is -2.08. The molecule has 0 radical (unpaired) electrons. The van der Waals surface area contributed by atoms with Gasteiger partial charge in [-0.15, -0.1) is 0 Å². The van der Waals surface area contributed by atoms with Crippen LogP contribution in [0.3, 0.4) is 0 Å². The van der Waals surface area contributed by atoms with Gasteiger partial charge in [0.2, 0.25) is 11.7 Å². The average Bonchev–Trinajstić information content (AvgIpc) is 2.94. The Kier molecular flexibility index (Phi) is 3.69. The molecule has 0 aliphatic rings. The summed E-state index contributed by atoms with van der Waals surface area (Å²) < 4.78 is 10.8. The normalized spacial score (nSPS) is 10.6. The number of nitrogens with zero attached hydrogens (tertiary/aromatic N) is 2. The molecule has 0 atom stereocenters. The second kappa shape index (κ2) is 5.79. The molecule has 0 spiro atoms. The van der Waals surface area contributed by atoms with Crippen molar-refractivity contribution in [1.29, 1.82) is 0 Å². The lowest BCUT2D eigenvalue weighted by molar-refractivity contribution is 0.305. The van der Waals surface area contributed by atoms with Gasteiger partial charge in [-0.2, -0.15) is 4.98 Å². The van der Waals surface area contributed by atoms with Gasteiger partial charge in [-0.25, -0.2) is 0 Å². The van der Waals surface area contributed by atoms with Crippen molar-refractivity contribution in [2.24, 2.45) is 0 Å². The van der Waals surface area contributed by atoms with Gasteiger partial charge in [0.25, 0.3) is 0 Å². The topological polar surface area (TPSA) is 48.2 Å². The maximum atomic E-state index is 5.80. The summed E-state index contributed by atoms with van der Waals surface area (Å²) in [5.74, 6) is 1.98. The third-order valence-corrected chi connectivity index (χ3v) is 3.30. The molecule has 0 fully saturated rings. The fourth-order valence-corrected chi connectivity index (χ4v) is 2.05. The van der Waals surface area contributed by atoms with Crippen LogP contribution in [-0.4, -0.2) is 10.1 Å². The Labute approximate surface area is 123 Å². The maximum Gasteiger partial charge on any atom is 0.223 e. The van der Waals surface area contributed by atoms with E-state index in [1.165, 1.54) is 11.1 Å². The van der Waals surface area contributed by atoms with Crippen LogP contribution in [0.15, 0.2) is 53.1 Å². The van der Waals surface area contributed by atoms with Crippen molar-refractivity contribution in [2.45, 2.75) is 20.5 Å². The molecular formula is C17H16N2O2. The van der Waals surface area contributed by atoms with E-state index in [1.54, 1.807) is 6.92 Å². The molecule has 0 saturated heterocycles. The SMILES string of the molecule is Cc1nc(-c2ccc(OCc3ccccc3C)cc2)no1. The molecule has 106 valence electrons. The summed E-state index contributed by atoms with van der Waals surface area (Å²) in [6, 6.07) is 15.9. The number of ether oxygens (including phenoxy) is 1. The zero-order valence-corrected chi connectivity index (χ0v) is 12.0. The van der Waals surface area contributed by atoms with Crippen LogP contribution >= 0.6 is 0 Å². The molecule has 0 bridgehead atoms. The quantitative estimate of drug-likeness (QED) is 0.726. The van der Waals surface area contributed by atoms with Gasteiger partial charge in [0.1, 0.15) is 12.4 Å². The van der Waals surface area contributed by atoms with Gasteiger partial charge in [0.05, 0.1) is 0 Å². The van der Waals surface area contributed by atoms with Crippen LogP contribution in [0.2, 0.25) is 0 Å². The van der Waals surface area contributed by atoms with Crippen molar-refractivity contribution in [1.82, 2.24) is 10.1 Å². The first-order valence-electron chi connectivity index (χ1n) is 6.80. The van der Waals surface area contributed by atoms with Crippen molar-refractivity contribution >= 4 is 0 Å². The van der Waals surface area contributed by atoms with Gasteiger partial charge in [-0.1, -0.05) is 29.4 Å². The number of hydrogen-bond donors (Lipinski definition) is 0. The largest absolute Gasteiger partial charge is 0.489 e. The van der Waals surface area contributed by atoms with Crippen LogP contribution in [0.5, 0.6) is 5.75 Å². The minimum atomic E-state index is 0.560. The lowest BCUT2D eigenvalue weighted by Crippen LogP contribution is -1.97. The Morgan fingerprint density at radius 3 is 2.43 bits per heavy atom. The van der Waals surface area contributed by atoms with Crippen molar-refractivity contribution in [2.75, 3.05) is 0 Å². The molecule has 0 amide bonds. The molecule has 2 aromatic carbocycles. The summed E-state index contributed by atoms with van der Waals surface area (Å²) in [6.45, 7) is 4.42. The highest BCUT2D eigenvalue weighted by molar-refractivity contribution is 5.55. The summed E-state index contributed by atoms with van der Waals surface area (Å²) in [5, 5.41) is 3.89. The second-order valence-electron chi connectivity index (χ2n) is 4.88. The fourth-order valence-electron chi connectivity index (χ4n) is 2.05. The molecule has 1 aromatic heterocycles. The van der Waals surface area contributed by atoms with Crippen LogP contribution in [0.25, 0.3) is 11.4 Å². The highest BCUT2D eigenvalue weighted by Crippen LogP contribution is 2.21. The maximum absolute atomic E-state index is 5.80. The van der Waals surface area contributed by atoms with E-state index in [0.717, 1.165) is 11.3 Å². The number of aryl methyl sites for hydroxylation is 2. The molecule has 3 aromatic rings. The Bertz CT molecular complexity index is 733. The standard InChI is InChI=1S/C17H16N2O2/c1-12-5-3-4-6-15(12)11-20-16-9-7-14(8-10-16)17-18-13(2)21-19-17/h3-10H,11H2,1-2H3. The molecule has 1 heterocycles. The lowest BCUT2D eigenvalue weighted by atomic mass is 10.1. The van der Waals surface area contributed by atoms with E-state index in [0.29, 0.717) is 18.3 Å². The van der Waals surface area contributed by atoms with E-state index in [4.69, 9.17) is 9.26 Å². The van der Waals surface area contributed by atoms with Gasteiger partial charge in [0, 0.05) is 12.5 Å². The van der Waals surface area contributed by atoms with Gasteiger partial charge in [-0.3, -0.25) is 0 Å². The minimum absolute atomic E-state index is 0.560. The third kappa shape index (κ3) is 3.11. The highest BCUT2D eigenvalue weighted by atomic mass is 16.5. The highest BCUT2D eigenvalue weighted by Gasteiger charge is 2.06. The Balaban J connectivity index is 1.69. The number of aromatic nitrogens is 2. The summed E-state index contributed by atoms with van der Waals surface area (Å²) in [4.78, 5) is 4.20. The van der Waals surface area contributed by atoms with Crippen LogP contribution < -0.4 is 4.74 Å². The van der Waals surface area contributed by atoms with Crippen LogP contribution in [0.1, 0.15) is 17.0 Å². The van der Waals surface area contributed by atoms with E-state index in [9.17, 15) is 0 Å². The minimum Gasteiger partial charge on any atom is -0.489 e. The Hall–Kier alpha value is -2.62. The van der Waals surface area contributed by atoms with Gasteiger partial charge >= 0.3 is 0 Å². The van der Waals surface area contributed by atoms with Gasteiger partial charge in [0.15, 0.2) is 0 Å². The van der Waals surface area contributed by atoms with Crippen LogP contribution in [-0.2, 0) is 6.61 Å². The van der Waals surface area contributed by atoms with Gasteiger partial charge < -0.3 is 9.26 Å². The summed E-state index contributed by atoms with van der Waals surface area (Å²) in [7, 11) is 0. The molecular weight excluding hydrogens is 264 g/mol. The fraction of sp³-hybridized carbons (Fsp3) is 0.176. The van der Waals surface area contributed by atoms with Gasteiger partial charge in [-0.05, 0) is 42.3 Å². The van der Waals surface area contributed by atoms with E-state index >= 15 is 0 Å². The van der Waals surface area contributed by atoms with E-state index < -0.39 is 0 Å². The van der Waals surface area contributed by atoms with Crippen LogP contribution in [0.4, 0.5) is 0 Å². The third-order valence-electron chi connectivity index (χ3n) is 3.30. The predicted octanol–water partition coefficient (Wildman–Crippen LogP) is 3.93. The zero-order valence-electron chi connectivity index (χ0n) is 12.0. The first kappa shape index (κ1) is 13.4. The zero-order chi connectivity index (χ0) is 14.7. The number of hydrogen-bond acceptors (Lipinski definition) is 4. The summed E-state index contributed by atoms with van der Waals surface area (Å²) in [5.41, 5.74) is 3.34. The van der Waals surface area contributed by atoms with Crippen LogP contribution in [0, 0.1) is 13.8 Å². The predicted molar refractivity (Wildman–Crippen MR) is 80.0 cm³/mol. The molecule has 4 heteroatoms. The summed E-state index contributed by atoms with van der Waals surface area (Å²) in [6.07, 6.45) is 0. The first-order chi connectivity index (χ1) is 10.2. The monoisotopic (exact) mass is 280 g/mol. The number of rotatable bonds is 4. The second-order valence-corrected chi connectivity index (χ2v) is 4.88. The van der Waals surface area contributed by atoms with E-state index in [-0.39, 0.29) is 0 Å². The molecule has 0 saturated carbocycles. The smallest absolute Gasteiger partial charge is 0.223 e. The summed E-state index contributed by atoms with van der Waals surface area (Å²) >= 11 is 0. The van der Waals surface area contributed by atoms with Crippen molar-refractivity contribution in [3.8, 4) is 17.1 Å². The average molecular weight is 280 g/mol. The van der Waals surface area contributed by atoms with Crippen molar-refractivity contribution in [3.63, 3.8) is 0 Å². The molecule has 21 heavy (non-hydrogen) atoms.